The predicted molar refractivity (Wildman–Crippen MR) is 87.3 cm³/mol. The Labute approximate surface area is 129 Å². The van der Waals surface area contributed by atoms with Gasteiger partial charge in [-0.25, -0.2) is 4.39 Å². The van der Waals surface area contributed by atoms with Crippen LogP contribution in [0.5, 0.6) is 0 Å². The molecule has 4 heteroatoms. The van der Waals surface area contributed by atoms with E-state index in [1.807, 2.05) is 13.0 Å². The topological polar surface area (TPSA) is 15.3 Å². The van der Waals surface area contributed by atoms with Crippen molar-refractivity contribution in [3.05, 3.63) is 52.0 Å². The molecule has 0 unspecified atom stereocenters. The predicted octanol–water partition coefficient (Wildman–Crippen LogP) is 4.17. The van der Waals surface area contributed by atoms with E-state index in [0.29, 0.717) is 12.6 Å². The first-order valence-corrected chi connectivity index (χ1v) is 8.44. The zero-order valence-electron chi connectivity index (χ0n) is 12.3. The lowest BCUT2D eigenvalue weighted by Crippen LogP contribution is -2.27. The minimum absolute atomic E-state index is 0.106. The number of rotatable bonds is 7. The van der Waals surface area contributed by atoms with E-state index in [-0.39, 0.29) is 5.82 Å². The number of nitrogens with one attached hydrogen (secondary N) is 1. The second-order valence-corrected chi connectivity index (χ2v) is 6.49. The van der Waals surface area contributed by atoms with E-state index in [1.165, 1.54) is 17.7 Å². The van der Waals surface area contributed by atoms with E-state index in [2.05, 4.69) is 33.8 Å². The highest BCUT2D eigenvalue weighted by atomic mass is 32.1. The van der Waals surface area contributed by atoms with Crippen molar-refractivity contribution in [1.82, 2.24) is 5.32 Å². The van der Waals surface area contributed by atoms with Crippen molar-refractivity contribution in [1.29, 1.82) is 0 Å². The van der Waals surface area contributed by atoms with E-state index < -0.39 is 0 Å². The minimum atomic E-state index is -0.106. The lowest BCUT2D eigenvalue weighted by Gasteiger charge is -2.27. The van der Waals surface area contributed by atoms with E-state index in [0.717, 1.165) is 24.3 Å². The third-order valence-electron chi connectivity index (χ3n) is 3.85. The summed E-state index contributed by atoms with van der Waals surface area (Å²) in [5.41, 5.74) is 1.84. The number of anilines is 1. The quantitative estimate of drug-likeness (QED) is 0.826. The number of hydrogen-bond donors (Lipinski definition) is 1. The lowest BCUT2D eigenvalue weighted by atomic mass is 10.1. The van der Waals surface area contributed by atoms with Gasteiger partial charge in [0.15, 0.2) is 0 Å². The molecule has 1 heterocycles. The average molecular weight is 304 g/mol. The molecule has 0 spiro atoms. The van der Waals surface area contributed by atoms with Crippen LogP contribution in [-0.2, 0) is 13.1 Å². The summed E-state index contributed by atoms with van der Waals surface area (Å²) >= 11 is 1.77. The second-order valence-electron chi connectivity index (χ2n) is 5.46. The summed E-state index contributed by atoms with van der Waals surface area (Å²) in [6, 6.07) is 10.2. The molecule has 3 rings (SSSR count). The Morgan fingerprint density at radius 3 is 2.81 bits per heavy atom. The van der Waals surface area contributed by atoms with Crippen molar-refractivity contribution >= 4 is 17.0 Å². The third-order valence-corrected chi connectivity index (χ3v) is 4.71. The standard InChI is InChI=1S/C17H21FN2S/c1-2-19-11-15-16(18)6-3-7-17(15)20(13-8-9-13)12-14-5-4-10-21-14/h3-7,10,13,19H,2,8-9,11-12H2,1H3. The van der Waals surface area contributed by atoms with Gasteiger partial charge in [0.25, 0.3) is 0 Å². The van der Waals surface area contributed by atoms with Crippen molar-refractivity contribution in [2.45, 2.75) is 38.9 Å². The van der Waals surface area contributed by atoms with Gasteiger partial charge in [0, 0.05) is 28.7 Å². The molecule has 0 amide bonds. The fourth-order valence-corrected chi connectivity index (χ4v) is 3.31. The maximum absolute atomic E-state index is 14.2. The van der Waals surface area contributed by atoms with E-state index in [9.17, 15) is 4.39 Å². The Kier molecular flexibility index (Phi) is 4.56. The number of thiophene rings is 1. The van der Waals surface area contributed by atoms with Gasteiger partial charge in [-0.3, -0.25) is 0 Å². The van der Waals surface area contributed by atoms with Gasteiger partial charge in [0.05, 0.1) is 6.54 Å². The summed E-state index contributed by atoms with van der Waals surface area (Å²) in [6.07, 6.45) is 2.42. The van der Waals surface area contributed by atoms with Gasteiger partial charge in [-0.05, 0) is 43.0 Å². The zero-order chi connectivity index (χ0) is 14.7. The van der Waals surface area contributed by atoms with Crippen molar-refractivity contribution < 1.29 is 4.39 Å². The van der Waals surface area contributed by atoms with Crippen molar-refractivity contribution in [3.63, 3.8) is 0 Å². The normalized spacial score (nSPS) is 14.4. The molecule has 1 saturated carbocycles. The van der Waals surface area contributed by atoms with Crippen molar-refractivity contribution in [2.24, 2.45) is 0 Å². The summed E-state index contributed by atoms with van der Waals surface area (Å²) in [7, 11) is 0. The van der Waals surface area contributed by atoms with Crippen LogP contribution in [-0.4, -0.2) is 12.6 Å². The molecule has 1 N–H and O–H groups in total. The molecule has 0 radical (unpaired) electrons. The molecule has 2 nitrogen and oxygen atoms in total. The molecule has 21 heavy (non-hydrogen) atoms. The largest absolute Gasteiger partial charge is 0.363 e. The minimum Gasteiger partial charge on any atom is -0.363 e. The molecular formula is C17H21FN2S. The fourth-order valence-electron chi connectivity index (χ4n) is 2.61. The van der Waals surface area contributed by atoms with E-state index >= 15 is 0 Å². The van der Waals surface area contributed by atoms with Gasteiger partial charge in [0.1, 0.15) is 5.82 Å². The molecule has 0 saturated heterocycles. The molecule has 1 aromatic heterocycles. The number of halogens is 1. The molecule has 1 fully saturated rings. The zero-order valence-corrected chi connectivity index (χ0v) is 13.1. The monoisotopic (exact) mass is 304 g/mol. The molecule has 0 bridgehead atoms. The molecule has 0 aliphatic heterocycles. The number of hydrogen-bond acceptors (Lipinski definition) is 3. The summed E-state index contributed by atoms with van der Waals surface area (Å²) in [5, 5.41) is 5.36. The number of nitrogens with zero attached hydrogens (tertiary/aromatic N) is 1. The highest BCUT2D eigenvalue weighted by molar-refractivity contribution is 7.09. The Morgan fingerprint density at radius 2 is 2.14 bits per heavy atom. The van der Waals surface area contributed by atoms with E-state index in [1.54, 1.807) is 17.4 Å². The first kappa shape index (κ1) is 14.5. The maximum Gasteiger partial charge on any atom is 0.129 e. The van der Waals surface area contributed by atoms with Crippen LogP contribution in [0.25, 0.3) is 0 Å². The molecule has 1 aliphatic carbocycles. The summed E-state index contributed by atoms with van der Waals surface area (Å²) in [5.74, 6) is -0.106. The maximum atomic E-state index is 14.2. The van der Waals surface area contributed by atoms with E-state index in [4.69, 9.17) is 0 Å². The lowest BCUT2D eigenvalue weighted by molar-refractivity contribution is 0.590. The van der Waals surface area contributed by atoms with Crippen LogP contribution in [0.3, 0.4) is 0 Å². The van der Waals surface area contributed by atoms with Gasteiger partial charge in [-0.15, -0.1) is 11.3 Å². The van der Waals surface area contributed by atoms with Gasteiger partial charge in [0.2, 0.25) is 0 Å². The Balaban J connectivity index is 1.89. The summed E-state index contributed by atoms with van der Waals surface area (Å²) < 4.78 is 14.2. The fraction of sp³-hybridized carbons (Fsp3) is 0.412. The Morgan fingerprint density at radius 1 is 1.29 bits per heavy atom. The van der Waals surface area contributed by atoms with Crippen LogP contribution in [0.4, 0.5) is 10.1 Å². The summed E-state index contributed by atoms with van der Waals surface area (Å²) in [4.78, 5) is 3.71. The first-order valence-electron chi connectivity index (χ1n) is 7.56. The third kappa shape index (κ3) is 3.44. The Bertz CT molecular complexity index is 578. The number of benzene rings is 1. The van der Waals surface area contributed by atoms with Crippen LogP contribution in [0.2, 0.25) is 0 Å². The van der Waals surface area contributed by atoms with Crippen molar-refractivity contribution in [3.8, 4) is 0 Å². The smallest absolute Gasteiger partial charge is 0.129 e. The molecule has 112 valence electrons. The van der Waals surface area contributed by atoms with Gasteiger partial charge >= 0.3 is 0 Å². The molecule has 2 aromatic rings. The van der Waals surface area contributed by atoms with Gasteiger partial charge in [-0.1, -0.05) is 19.1 Å². The molecular weight excluding hydrogens is 283 g/mol. The van der Waals surface area contributed by atoms with Crippen LogP contribution in [0.1, 0.15) is 30.2 Å². The SMILES string of the molecule is CCNCc1c(F)cccc1N(Cc1cccs1)C1CC1. The van der Waals surface area contributed by atoms with Crippen LogP contribution in [0.15, 0.2) is 35.7 Å². The average Bonchev–Trinajstić information content (AvgIpc) is 3.20. The van der Waals surface area contributed by atoms with Crippen LogP contribution >= 0.6 is 11.3 Å². The second kappa shape index (κ2) is 6.58. The molecule has 1 aromatic carbocycles. The van der Waals surface area contributed by atoms with Crippen LogP contribution in [0, 0.1) is 5.82 Å². The van der Waals surface area contributed by atoms with Crippen LogP contribution < -0.4 is 10.2 Å². The molecule has 0 atom stereocenters. The highest BCUT2D eigenvalue weighted by Crippen LogP contribution is 2.36. The van der Waals surface area contributed by atoms with Gasteiger partial charge < -0.3 is 10.2 Å². The molecule has 1 aliphatic rings. The van der Waals surface area contributed by atoms with Crippen molar-refractivity contribution in [2.75, 3.05) is 11.4 Å². The Hall–Kier alpha value is -1.39. The highest BCUT2D eigenvalue weighted by Gasteiger charge is 2.31. The summed E-state index contributed by atoms with van der Waals surface area (Å²) in [6.45, 7) is 4.37. The van der Waals surface area contributed by atoms with Gasteiger partial charge in [-0.2, -0.15) is 0 Å². The first-order chi connectivity index (χ1) is 10.3.